The quantitative estimate of drug-likeness (QED) is 0.289. The molecule has 1 heterocycles. The predicted octanol–water partition coefficient (Wildman–Crippen LogP) is 9.27. The van der Waals surface area contributed by atoms with Gasteiger partial charge in [0.25, 0.3) is 0 Å². The summed E-state index contributed by atoms with van der Waals surface area (Å²) in [6.45, 7) is 21.3. The van der Waals surface area contributed by atoms with E-state index in [9.17, 15) is 14.4 Å². The normalized spacial score (nSPS) is 40.5. The van der Waals surface area contributed by atoms with E-state index >= 15 is 0 Å². The van der Waals surface area contributed by atoms with Crippen LogP contribution in [0.1, 0.15) is 127 Å². The van der Waals surface area contributed by atoms with Crippen LogP contribution in [0.4, 0.5) is 4.79 Å². The van der Waals surface area contributed by atoms with E-state index in [4.69, 9.17) is 9.47 Å². The molecule has 0 aromatic heterocycles. The van der Waals surface area contributed by atoms with Crippen LogP contribution < -0.4 is 0 Å². The number of nitrogens with zero attached hydrogens (tertiary/aromatic N) is 1. The number of amides is 1. The summed E-state index contributed by atoms with van der Waals surface area (Å²) in [6.07, 6.45) is 15.9. The Balaban J connectivity index is 1.33. The van der Waals surface area contributed by atoms with Crippen LogP contribution in [0.3, 0.4) is 0 Å². The van der Waals surface area contributed by atoms with Gasteiger partial charge in [-0.1, -0.05) is 59.3 Å². The summed E-state index contributed by atoms with van der Waals surface area (Å²) in [5.41, 5.74) is 3.65. The van der Waals surface area contributed by atoms with Crippen molar-refractivity contribution in [3.8, 4) is 0 Å². The zero-order chi connectivity index (χ0) is 33.4. The molecule has 6 heteroatoms. The molecular weight excluding hydrogens is 574 g/mol. The van der Waals surface area contributed by atoms with E-state index in [1.807, 2.05) is 6.92 Å². The summed E-state index contributed by atoms with van der Waals surface area (Å²) in [4.78, 5) is 42.2. The molecule has 6 aliphatic rings. The monoisotopic (exact) mass is 631 g/mol. The molecule has 0 aromatic carbocycles. The van der Waals surface area contributed by atoms with Crippen molar-refractivity contribution in [2.24, 2.45) is 38.9 Å². The molecule has 0 radical (unpaired) electrons. The van der Waals surface area contributed by atoms with Crippen molar-refractivity contribution in [3.05, 3.63) is 46.3 Å². The molecule has 1 amide bonds. The van der Waals surface area contributed by atoms with Gasteiger partial charge in [0.15, 0.2) is 5.76 Å². The van der Waals surface area contributed by atoms with Gasteiger partial charge in [-0.25, -0.2) is 4.79 Å². The molecule has 1 unspecified atom stereocenters. The number of hydrogen-bond donors (Lipinski definition) is 0. The SMILES string of the molecule is CC1=C(OC(=O)N2CCCCC2C)C(=O)C=C2C1=CC=C1[C@@]2(C)CC[C@@]2(C)[C@@H]3C[C@](C)(C(=O)OCC(C)C)CC[C@]3(C)CC[C@]12C. The first-order valence-corrected chi connectivity index (χ1v) is 18.1. The van der Waals surface area contributed by atoms with Gasteiger partial charge in [-0.3, -0.25) is 9.59 Å². The van der Waals surface area contributed by atoms with Crippen LogP contribution in [-0.4, -0.2) is 41.9 Å². The van der Waals surface area contributed by atoms with Crippen LogP contribution in [0.25, 0.3) is 0 Å². The van der Waals surface area contributed by atoms with E-state index in [2.05, 4.69) is 67.5 Å². The number of allylic oxidation sites excluding steroid dienone is 7. The van der Waals surface area contributed by atoms with Crippen LogP contribution in [0.15, 0.2) is 46.3 Å². The van der Waals surface area contributed by atoms with Gasteiger partial charge >= 0.3 is 12.1 Å². The summed E-state index contributed by atoms with van der Waals surface area (Å²) in [5, 5.41) is 0. The van der Waals surface area contributed by atoms with Crippen LogP contribution in [-0.2, 0) is 19.1 Å². The Hall–Kier alpha value is -2.63. The van der Waals surface area contributed by atoms with Crippen LogP contribution >= 0.6 is 0 Å². The number of piperidine rings is 1. The highest BCUT2D eigenvalue weighted by molar-refractivity contribution is 6.08. The van der Waals surface area contributed by atoms with Gasteiger partial charge in [-0.05, 0) is 130 Å². The van der Waals surface area contributed by atoms with E-state index in [0.29, 0.717) is 25.0 Å². The molecule has 3 saturated carbocycles. The van der Waals surface area contributed by atoms with Crippen molar-refractivity contribution < 1.29 is 23.9 Å². The van der Waals surface area contributed by atoms with Crippen molar-refractivity contribution in [3.63, 3.8) is 0 Å². The Morgan fingerprint density at radius 2 is 1.70 bits per heavy atom. The fourth-order valence-electron chi connectivity index (χ4n) is 10.7. The molecule has 46 heavy (non-hydrogen) atoms. The summed E-state index contributed by atoms with van der Waals surface area (Å²) >= 11 is 0. The lowest BCUT2D eigenvalue weighted by molar-refractivity contribution is -0.183. The molecule has 0 spiro atoms. The van der Waals surface area contributed by atoms with E-state index in [-0.39, 0.29) is 45.2 Å². The maximum Gasteiger partial charge on any atom is 0.415 e. The number of ether oxygens (including phenoxy) is 2. The van der Waals surface area contributed by atoms with Crippen molar-refractivity contribution in [2.45, 2.75) is 133 Å². The van der Waals surface area contributed by atoms with Crippen molar-refractivity contribution in [2.75, 3.05) is 13.2 Å². The van der Waals surface area contributed by atoms with Crippen molar-refractivity contribution in [1.82, 2.24) is 4.90 Å². The zero-order valence-electron chi connectivity index (χ0n) is 29.9. The summed E-state index contributed by atoms with van der Waals surface area (Å²) in [6, 6.07) is 0.118. The highest BCUT2D eigenvalue weighted by Gasteiger charge is 2.67. The number of ketones is 1. The molecule has 5 aliphatic carbocycles. The molecule has 0 N–H and O–H groups in total. The van der Waals surface area contributed by atoms with E-state index in [1.165, 1.54) is 5.57 Å². The maximum absolute atomic E-state index is 13.7. The van der Waals surface area contributed by atoms with E-state index < -0.39 is 11.5 Å². The van der Waals surface area contributed by atoms with Gasteiger partial charge in [0, 0.05) is 23.6 Å². The third-order valence-corrected chi connectivity index (χ3v) is 14.1. The Morgan fingerprint density at radius 1 is 0.978 bits per heavy atom. The molecule has 0 aromatic rings. The van der Waals surface area contributed by atoms with Gasteiger partial charge < -0.3 is 14.4 Å². The molecule has 0 bridgehead atoms. The molecule has 7 atom stereocenters. The average Bonchev–Trinajstić information content (AvgIpc) is 3.00. The largest absolute Gasteiger partial charge is 0.465 e. The number of carbonyl (C=O) groups is 3. The lowest BCUT2D eigenvalue weighted by Gasteiger charge is -2.70. The minimum atomic E-state index is -0.463. The third-order valence-electron chi connectivity index (χ3n) is 14.1. The Bertz CT molecular complexity index is 1470. The Labute approximate surface area is 277 Å². The lowest BCUT2D eigenvalue weighted by atomic mass is 9.34. The second kappa shape index (κ2) is 11.2. The maximum atomic E-state index is 13.7. The minimum absolute atomic E-state index is 0.00659. The Morgan fingerprint density at radius 3 is 2.39 bits per heavy atom. The first-order chi connectivity index (χ1) is 21.5. The second-order valence-corrected chi connectivity index (χ2v) is 17.5. The number of fused-ring (bicyclic) bond motifs is 7. The number of carbonyl (C=O) groups excluding carboxylic acids is 3. The molecule has 252 valence electrons. The molecule has 1 saturated heterocycles. The van der Waals surface area contributed by atoms with Gasteiger partial charge in [0.2, 0.25) is 5.78 Å². The lowest BCUT2D eigenvalue weighted by Crippen LogP contribution is -2.62. The average molecular weight is 632 g/mol. The van der Waals surface area contributed by atoms with E-state index in [1.54, 1.807) is 11.0 Å². The van der Waals surface area contributed by atoms with Gasteiger partial charge in [0.1, 0.15) is 0 Å². The summed E-state index contributed by atoms with van der Waals surface area (Å²) in [7, 11) is 0. The first-order valence-electron chi connectivity index (χ1n) is 18.1. The zero-order valence-corrected chi connectivity index (χ0v) is 29.9. The predicted molar refractivity (Wildman–Crippen MR) is 181 cm³/mol. The number of esters is 1. The highest BCUT2D eigenvalue weighted by atomic mass is 16.6. The fraction of sp³-hybridized carbons (Fsp3) is 0.725. The molecule has 1 aliphatic heterocycles. The topological polar surface area (TPSA) is 72.9 Å². The van der Waals surface area contributed by atoms with Crippen LogP contribution in [0, 0.1) is 38.9 Å². The van der Waals surface area contributed by atoms with Gasteiger partial charge in [0.05, 0.1) is 12.0 Å². The summed E-state index contributed by atoms with van der Waals surface area (Å²) < 4.78 is 11.7. The number of likely N-dealkylation sites (tertiary alicyclic amines) is 1. The molecule has 6 nitrogen and oxygen atoms in total. The fourth-order valence-corrected chi connectivity index (χ4v) is 10.7. The van der Waals surface area contributed by atoms with Crippen LogP contribution in [0.2, 0.25) is 0 Å². The first kappa shape index (κ1) is 33.3. The van der Waals surface area contributed by atoms with Gasteiger partial charge in [-0.2, -0.15) is 0 Å². The minimum Gasteiger partial charge on any atom is -0.465 e. The number of hydrogen-bond acceptors (Lipinski definition) is 5. The van der Waals surface area contributed by atoms with Crippen molar-refractivity contribution >= 4 is 17.8 Å². The van der Waals surface area contributed by atoms with Gasteiger partial charge in [-0.15, -0.1) is 0 Å². The third kappa shape index (κ3) is 4.89. The second-order valence-electron chi connectivity index (χ2n) is 17.5. The molecule has 6 rings (SSSR count). The smallest absolute Gasteiger partial charge is 0.415 e. The number of rotatable bonds is 4. The van der Waals surface area contributed by atoms with Crippen LogP contribution in [0.5, 0.6) is 0 Å². The van der Waals surface area contributed by atoms with Crippen molar-refractivity contribution in [1.29, 1.82) is 0 Å². The molecular formula is C40H57NO5. The standard InChI is InChI=1S/C40H57NO5/c1-25(2)24-45-34(43)37(6)16-15-36(5)17-19-39(8)31-14-13-28-27(4)33(46-35(44)41-21-11-10-12-26(41)3)30(42)22-29(28)38(31,7)18-20-40(39,9)32(36)23-37/h13-14,22,25-26,32H,10-12,15-21,23-24H2,1-9H3/t26?,32-,36-,37-,38+,39-,40+/m1/s1. The Kier molecular flexibility index (Phi) is 8.12. The summed E-state index contributed by atoms with van der Waals surface area (Å²) in [5.74, 6) is 0.660. The molecule has 4 fully saturated rings. The highest BCUT2D eigenvalue weighted by Crippen LogP contribution is 2.75. The van der Waals surface area contributed by atoms with E-state index in [0.717, 1.165) is 80.9 Å².